The summed E-state index contributed by atoms with van der Waals surface area (Å²) in [5.41, 5.74) is 0. The van der Waals surface area contributed by atoms with Crippen LogP contribution in [0.3, 0.4) is 0 Å². The molecule has 0 aliphatic heterocycles. The first kappa shape index (κ1) is 43.8. The SMILES string of the molecule is CCCCCCCCCCC/C=C\C/C=C\CCCCCCCCCCC(O)C(=O)NC(CO)C(O)C(O)CCCCCCC. The molecule has 0 spiro atoms. The maximum Gasteiger partial charge on any atom is 0.249 e. The van der Waals surface area contributed by atoms with Gasteiger partial charge in [-0.25, -0.2) is 0 Å². The first-order valence-corrected chi connectivity index (χ1v) is 19.2. The lowest BCUT2D eigenvalue weighted by Crippen LogP contribution is -2.53. The van der Waals surface area contributed by atoms with Crippen LogP contribution in [0.4, 0.5) is 0 Å². The molecule has 0 fully saturated rings. The average molecular weight is 638 g/mol. The molecule has 6 heteroatoms. The first-order chi connectivity index (χ1) is 22.0. The predicted molar refractivity (Wildman–Crippen MR) is 191 cm³/mol. The van der Waals surface area contributed by atoms with E-state index >= 15 is 0 Å². The van der Waals surface area contributed by atoms with E-state index in [0.717, 1.165) is 64.2 Å². The second-order valence-electron chi connectivity index (χ2n) is 13.3. The van der Waals surface area contributed by atoms with Gasteiger partial charge in [0.05, 0.1) is 18.8 Å². The summed E-state index contributed by atoms with van der Waals surface area (Å²) >= 11 is 0. The van der Waals surface area contributed by atoms with Gasteiger partial charge >= 0.3 is 0 Å². The van der Waals surface area contributed by atoms with Gasteiger partial charge in [0.1, 0.15) is 12.2 Å². The summed E-state index contributed by atoms with van der Waals surface area (Å²) in [5.74, 6) is -0.595. The number of nitrogens with one attached hydrogen (secondary N) is 1. The minimum absolute atomic E-state index is 0.362. The molecule has 45 heavy (non-hydrogen) atoms. The summed E-state index contributed by atoms with van der Waals surface area (Å²) in [4.78, 5) is 12.4. The van der Waals surface area contributed by atoms with Gasteiger partial charge in [0.25, 0.3) is 0 Å². The zero-order valence-corrected chi connectivity index (χ0v) is 29.6. The van der Waals surface area contributed by atoms with Crippen molar-refractivity contribution in [2.75, 3.05) is 6.61 Å². The van der Waals surface area contributed by atoms with E-state index in [2.05, 4.69) is 43.5 Å². The Morgan fingerprint density at radius 1 is 0.556 bits per heavy atom. The van der Waals surface area contributed by atoms with E-state index in [4.69, 9.17) is 0 Å². The quantitative estimate of drug-likeness (QED) is 0.0357. The molecule has 4 atom stereocenters. The highest BCUT2D eigenvalue weighted by Gasteiger charge is 2.28. The molecule has 0 saturated heterocycles. The van der Waals surface area contributed by atoms with E-state index in [1.54, 1.807) is 0 Å². The van der Waals surface area contributed by atoms with Crippen LogP contribution in [0.15, 0.2) is 24.3 Å². The van der Waals surface area contributed by atoms with Gasteiger partial charge in [0.15, 0.2) is 0 Å². The van der Waals surface area contributed by atoms with Crippen LogP contribution >= 0.6 is 0 Å². The number of allylic oxidation sites excluding steroid dienone is 4. The molecular weight excluding hydrogens is 562 g/mol. The molecule has 0 aromatic carbocycles. The third-order valence-corrected chi connectivity index (χ3v) is 8.92. The van der Waals surface area contributed by atoms with Crippen LogP contribution in [0.25, 0.3) is 0 Å². The Morgan fingerprint density at radius 2 is 0.956 bits per heavy atom. The van der Waals surface area contributed by atoms with Crippen molar-refractivity contribution < 1.29 is 25.2 Å². The smallest absolute Gasteiger partial charge is 0.249 e. The summed E-state index contributed by atoms with van der Waals surface area (Å²) in [5, 5.41) is 43.0. The molecule has 0 aliphatic carbocycles. The maximum atomic E-state index is 12.4. The van der Waals surface area contributed by atoms with Crippen LogP contribution < -0.4 is 5.32 Å². The van der Waals surface area contributed by atoms with Crippen LogP contribution in [0, 0.1) is 0 Å². The number of amides is 1. The number of aliphatic hydroxyl groups is 4. The Hall–Kier alpha value is -1.21. The van der Waals surface area contributed by atoms with Crippen LogP contribution in [0.2, 0.25) is 0 Å². The summed E-state index contributed by atoms with van der Waals surface area (Å²) in [6.07, 6.45) is 36.8. The fraction of sp³-hybridized carbons (Fsp3) is 0.872. The minimum Gasteiger partial charge on any atom is -0.394 e. The number of rotatable bonds is 34. The second kappa shape index (κ2) is 34.1. The van der Waals surface area contributed by atoms with Crippen molar-refractivity contribution in [3.05, 3.63) is 24.3 Å². The zero-order valence-electron chi connectivity index (χ0n) is 29.6. The van der Waals surface area contributed by atoms with E-state index in [9.17, 15) is 25.2 Å². The largest absolute Gasteiger partial charge is 0.394 e. The molecule has 0 radical (unpaired) electrons. The molecule has 0 rings (SSSR count). The van der Waals surface area contributed by atoms with Gasteiger partial charge in [0, 0.05) is 0 Å². The van der Waals surface area contributed by atoms with E-state index in [0.29, 0.717) is 12.8 Å². The van der Waals surface area contributed by atoms with Gasteiger partial charge < -0.3 is 25.7 Å². The third-order valence-electron chi connectivity index (χ3n) is 8.92. The first-order valence-electron chi connectivity index (χ1n) is 19.2. The molecule has 0 bridgehead atoms. The highest BCUT2D eigenvalue weighted by atomic mass is 16.3. The number of hydrogen-bond acceptors (Lipinski definition) is 5. The van der Waals surface area contributed by atoms with Crippen LogP contribution in [0.5, 0.6) is 0 Å². The topological polar surface area (TPSA) is 110 Å². The van der Waals surface area contributed by atoms with E-state index in [1.807, 2.05) is 0 Å². The minimum atomic E-state index is -1.26. The molecule has 4 unspecified atom stereocenters. The van der Waals surface area contributed by atoms with Crippen molar-refractivity contribution in [3.8, 4) is 0 Å². The molecule has 0 aromatic heterocycles. The summed E-state index contributed by atoms with van der Waals surface area (Å²) in [7, 11) is 0. The monoisotopic (exact) mass is 638 g/mol. The number of hydrogen-bond donors (Lipinski definition) is 5. The van der Waals surface area contributed by atoms with Crippen molar-refractivity contribution >= 4 is 5.91 Å². The number of carbonyl (C=O) groups excluding carboxylic acids is 1. The second-order valence-corrected chi connectivity index (χ2v) is 13.3. The summed E-state index contributed by atoms with van der Waals surface area (Å²) < 4.78 is 0. The lowest BCUT2D eigenvalue weighted by Gasteiger charge is -2.27. The van der Waals surface area contributed by atoms with Gasteiger partial charge in [-0.1, -0.05) is 167 Å². The highest BCUT2D eigenvalue weighted by Crippen LogP contribution is 2.14. The third kappa shape index (κ3) is 28.7. The highest BCUT2D eigenvalue weighted by molar-refractivity contribution is 5.80. The molecular formula is C39H75NO5. The van der Waals surface area contributed by atoms with Crippen LogP contribution in [0.1, 0.15) is 187 Å². The lowest BCUT2D eigenvalue weighted by atomic mass is 9.99. The number of carbonyl (C=O) groups is 1. The van der Waals surface area contributed by atoms with Gasteiger partial charge in [-0.3, -0.25) is 4.79 Å². The fourth-order valence-electron chi connectivity index (χ4n) is 5.79. The van der Waals surface area contributed by atoms with Crippen LogP contribution in [-0.4, -0.2) is 57.3 Å². The lowest BCUT2D eigenvalue weighted by molar-refractivity contribution is -0.132. The average Bonchev–Trinajstić information content (AvgIpc) is 3.04. The Bertz CT molecular complexity index is 682. The van der Waals surface area contributed by atoms with E-state index in [1.165, 1.54) is 96.3 Å². The van der Waals surface area contributed by atoms with Gasteiger partial charge in [0.2, 0.25) is 5.91 Å². The van der Waals surface area contributed by atoms with Gasteiger partial charge in [-0.2, -0.15) is 0 Å². The van der Waals surface area contributed by atoms with Crippen LogP contribution in [-0.2, 0) is 4.79 Å². The number of aliphatic hydroxyl groups excluding tert-OH is 4. The maximum absolute atomic E-state index is 12.4. The standard InChI is InChI=1S/C39H75NO5/c1-3-5-7-9-10-11-12-13-14-15-16-17-18-19-20-21-22-23-24-25-26-27-29-31-33-37(43)39(45)40-35(34-41)38(44)36(42)32-30-28-8-6-4-2/h16-17,19-20,35-38,41-44H,3-15,18,21-34H2,1-2H3,(H,40,45)/b17-16-,20-19-. The molecule has 0 saturated carbocycles. The summed E-state index contributed by atoms with van der Waals surface area (Å²) in [6.45, 7) is 3.93. The Labute approximate surface area is 278 Å². The number of unbranched alkanes of at least 4 members (excludes halogenated alkanes) is 21. The molecule has 6 nitrogen and oxygen atoms in total. The molecule has 0 aliphatic rings. The zero-order chi connectivity index (χ0) is 33.2. The molecule has 0 aromatic rings. The summed E-state index contributed by atoms with van der Waals surface area (Å²) in [6, 6.07) is -0.982. The van der Waals surface area contributed by atoms with Crippen molar-refractivity contribution in [2.24, 2.45) is 0 Å². The van der Waals surface area contributed by atoms with Crippen molar-refractivity contribution in [1.29, 1.82) is 0 Å². The Balaban J connectivity index is 3.66. The normalized spacial score (nSPS) is 14.7. The van der Waals surface area contributed by atoms with Gasteiger partial charge in [-0.15, -0.1) is 0 Å². The molecule has 266 valence electrons. The van der Waals surface area contributed by atoms with Crippen molar-refractivity contribution in [3.63, 3.8) is 0 Å². The van der Waals surface area contributed by atoms with Crippen molar-refractivity contribution in [2.45, 2.75) is 212 Å². The Kier molecular flexibility index (Phi) is 33.2. The van der Waals surface area contributed by atoms with E-state index < -0.39 is 36.9 Å². The van der Waals surface area contributed by atoms with E-state index in [-0.39, 0.29) is 0 Å². The molecule has 1 amide bonds. The fourth-order valence-corrected chi connectivity index (χ4v) is 5.79. The van der Waals surface area contributed by atoms with Crippen molar-refractivity contribution in [1.82, 2.24) is 5.32 Å². The molecule has 0 heterocycles. The Morgan fingerprint density at radius 3 is 1.40 bits per heavy atom. The molecule has 5 N–H and O–H groups in total. The predicted octanol–water partition coefficient (Wildman–Crippen LogP) is 9.23. The van der Waals surface area contributed by atoms with Gasteiger partial charge in [-0.05, 0) is 44.9 Å².